The van der Waals surface area contributed by atoms with Crippen molar-refractivity contribution in [2.45, 2.75) is 139 Å². The summed E-state index contributed by atoms with van der Waals surface area (Å²) in [5, 5.41) is 55.1. The molecule has 304 valence electrons. The van der Waals surface area contributed by atoms with Crippen molar-refractivity contribution in [2.24, 2.45) is 5.73 Å². The lowest BCUT2D eigenvalue weighted by molar-refractivity contribution is -0.296. The van der Waals surface area contributed by atoms with Gasteiger partial charge >= 0.3 is 0 Å². The second-order valence-corrected chi connectivity index (χ2v) is 12.8. The van der Waals surface area contributed by atoms with Gasteiger partial charge in [0.2, 0.25) is 0 Å². The Hall–Kier alpha value is -6.13. The summed E-state index contributed by atoms with van der Waals surface area (Å²) in [6, 6.07) is -1.20. The summed E-state index contributed by atoms with van der Waals surface area (Å²) in [7, 11) is 0. The number of nitrogens with one attached hydrogen (secondary N) is 1. The second-order valence-electron chi connectivity index (χ2n) is 12.8. The number of amides is 1. The van der Waals surface area contributed by atoms with Crippen LogP contribution in [0.5, 0.6) is 0 Å². The van der Waals surface area contributed by atoms with Crippen molar-refractivity contribution < 1.29 is 39.8 Å². The fourth-order valence-electron chi connectivity index (χ4n) is 5.23. The molecule has 0 saturated carbocycles. The molecule has 59 heavy (non-hydrogen) atoms. The highest BCUT2D eigenvalue weighted by Gasteiger charge is 2.44. The number of hydrogen-bond donors (Lipinski definition) is 7. The molecule has 0 aromatic heterocycles. The second kappa shape index (κ2) is 35.1. The lowest BCUT2D eigenvalue weighted by atomic mass is 9.98. The molecule has 0 aromatic carbocycles. The van der Waals surface area contributed by atoms with E-state index in [2.05, 4.69) is 148 Å². The molecule has 10 nitrogen and oxygen atoms in total. The monoisotopic (exact) mass is 794 g/mol. The van der Waals surface area contributed by atoms with Crippen molar-refractivity contribution in [2.75, 3.05) is 13.2 Å². The molecule has 1 rings (SSSR count). The van der Waals surface area contributed by atoms with Gasteiger partial charge in [0.05, 0.1) is 18.8 Å². The maximum Gasteiger partial charge on any atom is 0.297 e. The third-order valence-electron chi connectivity index (χ3n) is 8.32. The van der Waals surface area contributed by atoms with Gasteiger partial charge in [0.15, 0.2) is 6.29 Å². The van der Waals surface area contributed by atoms with Gasteiger partial charge in [0.1, 0.15) is 30.5 Å². The number of nitrogens with two attached hydrogens (primary N) is 1. The smallest absolute Gasteiger partial charge is 0.297 e. The standard InChI is InChI=1S/C49H50N2O8/c1-3-5-7-9-11-13-15-17-18-19-20-21-22-23-24-25-26-28-30-32-34-36-38-44(53)51-41(40-58-49-48(57)47(56)46(55)43(39-50)59-49)45(54)42(52)37-35-33-31-29-27-16-14-12-10-8-6-4-2/h1,41-43,45-49,52,54-57H,4,6,8,10,12,14,16,27,29,31,33,35,37,39-40,50H2,2H3,(H,51,53)/t41-,42+,43?,45-,46-,47-,48?,49-/m0/s1. The van der Waals surface area contributed by atoms with Gasteiger partial charge in [-0.1, -0.05) is 84.0 Å². The van der Waals surface area contributed by atoms with E-state index in [1.54, 1.807) is 0 Å². The molecule has 0 radical (unpaired) electrons. The number of ether oxygens (including phenoxy) is 2. The summed E-state index contributed by atoms with van der Waals surface area (Å²) in [6.45, 7) is 1.60. The van der Waals surface area contributed by atoms with Crippen LogP contribution in [0.4, 0.5) is 0 Å². The average Bonchev–Trinajstić information content (AvgIpc) is 3.23. The molecule has 1 aliphatic heterocycles. The van der Waals surface area contributed by atoms with Gasteiger partial charge in [0.25, 0.3) is 5.91 Å². The van der Waals surface area contributed by atoms with Gasteiger partial charge in [-0.2, -0.15) is 0 Å². The minimum Gasteiger partial charge on any atom is -0.390 e. The predicted octanol–water partition coefficient (Wildman–Crippen LogP) is 0.738. The fraction of sp³-hybridized carbons (Fsp3) is 0.490. The van der Waals surface area contributed by atoms with Crippen LogP contribution >= 0.6 is 0 Å². The Morgan fingerprint density at radius 1 is 0.627 bits per heavy atom. The minimum absolute atomic E-state index is 0.169. The molecule has 8 atom stereocenters. The van der Waals surface area contributed by atoms with E-state index in [0.29, 0.717) is 6.42 Å². The van der Waals surface area contributed by atoms with E-state index in [4.69, 9.17) is 21.6 Å². The van der Waals surface area contributed by atoms with Gasteiger partial charge in [-0.3, -0.25) is 4.79 Å². The number of aliphatic hydroxyl groups is 5. The Balaban J connectivity index is 2.74. The first-order valence-corrected chi connectivity index (χ1v) is 19.4. The Labute approximate surface area is 350 Å². The topological polar surface area (TPSA) is 175 Å². The molecule has 0 bridgehead atoms. The predicted molar refractivity (Wildman–Crippen MR) is 226 cm³/mol. The fourth-order valence-corrected chi connectivity index (χ4v) is 5.23. The molecule has 8 N–H and O–H groups in total. The summed E-state index contributed by atoms with van der Waals surface area (Å²) in [4.78, 5) is 12.7. The first kappa shape index (κ1) is 50.9. The van der Waals surface area contributed by atoms with Crippen molar-refractivity contribution in [3.63, 3.8) is 0 Å². The SMILES string of the molecule is C#CC#CC#CC#CC#CC#CC#CC#CC#CC#CC#CC#CC(=O)N[C@@H](CO[C@H]1OC(CN)[C@H](O)[C@H](O)C1O)[C@H](O)[C@H](O)CCCCCCCCCCCCCC. The van der Waals surface area contributed by atoms with Crippen LogP contribution in [0.1, 0.15) is 90.4 Å². The van der Waals surface area contributed by atoms with Crippen molar-refractivity contribution in [1.82, 2.24) is 5.32 Å². The highest BCUT2D eigenvalue weighted by Crippen LogP contribution is 2.22. The third kappa shape index (κ3) is 25.7. The van der Waals surface area contributed by atoms with E-state index in [9.17, 15) is 30.3 Å². The molecule has 0 spiro atoms. The zero-order valence-corrected chi connectivity index (χ0v) is 33.3. The molecule has 2 unspecified atom stereocenters. The van der Waals surface area contributed by atoms with Gasteiger partial charge in [-0.15, -0.1) is 6.42 Å². The maximum absolute atomic E-state index is 12.7. The van der Waals surface area contributed by atoms with Crippen LogP contribution in [0, 0.1) is 143 Å². The highest BCUT2D eigenvalue weighted by molar-refractivity contribution is 5.94. The third-order valence-corrected chi connectivity index (χ3v) is 8.32. The first-order chi connectivity index (χ1) is 28.8. The van der Waals surface area contributed by atoms with Crippen LogP contribution in [0.25, 0.3) is 0 Å². The van der Waals surface area contributed by atoms with Crippen LogP contribution in [-0.2, 0) is 14.3 Å². The molecule has 0 aromatic rings. The van der Waals surface area contributed by atoms with E-state index in [1.807, 2.05) is 0 Å². The Morgan fingerprint density at radius 3 is 1.46 bits per heavy atom. The average molecular weight is 795 g/mol. The Bertz CT molecular complexity index is 2090. The van der Waals surface area contributed by atoms with Crippen LogP contribution < -0.4 is 11.1 Å². The molecule has 10 heteroatoms. The number of hydrogen-bond acceptors (Lipinski definition) is 9. The van der Waals surface area contributed by atoms with Crippen molar-refractivity contribution in [1.29, 1.82) is 0 Å². The zero-order chi connectivity index (χ0) is 43.2. The molecular weight excluding hydrogens is 745 g/mol. The van der Waals surface area contributed by atoms with Gasteiger partial charge in [0, 0.05) is 48.0 Å². The number of rotatable bonds is 20. The van der Waals surface area contributed by atoms with Crippen LogP contribution in [-0.4, -0.2) is 93.5 Å². The van der Waals surface area contributed by atoms with E-state index < -0.39 is 61.5 Å². The summed E-state index contributed by atoms with van der Waals surface area (Å²) < 4.78 is 11.1. The normalized spacial score (nSPS) is 18.0. The number of carbonyl (C=O) groups excluding carboxylic acids is 1. The quantitative estimate of drug-likeness (QED) is 0.0694. The van der Waals surface area contributed by atoms with Gasteiger partial charge < -0.3 is 46.1 Å². The van der Waals surface area contributed by atoms with Gasteiger partial charge in [-0.05, 0) is 101 Å². The molecule has 1 fully saturated rings. The van der Waals surface area contributed by atoms with E-state index in [1.165, 1.54) is 51.4 Å². The highest BCUT2D eigenvalue weighted by atomic mass is 16.7. The largest absolute Gasteiger partial charge is 0.390 e. The van der Waals surface area contributed by atoms with Crippen LogP contribution in [0.3, 0.4) is 0 Å². The summed E-state index contributed by atoms with van der Waals surface area (Å²) >= 11 is 0. The molecule has 0 aliphatic carbocycles. The Kier molecular flexibility index (Phi) is 30.2. The van der Waals surface area contributed by atoms with E-state index >= 15 is 0 Å². The Morgan fingerprint density at radius 2 is 1.03 bits per heavy atom. The molecule has 1 saturated heterocycles. The molecule has 1 heterocycles. The molecule has 1 aliphatic rings. The maximum atomic E-state index is 12.7. The number of aliphatic hydroxyl groups excluding tert-OH is 5. The van der Waals surface area contributed by atoms with Crippen LogP contribution in [0.2, 0.25) is 0 Å². The number of carbonyl (C=O) groups is 1. The van der Waals surface area contributed by atoms with Crippen LogP contribution in [0.15, 0.2) is 0 Å². The van der Waals surface area contributed by atoms with Crippen molar-refractivity contribution in [3.8, 4) is 143 Å². The summed E-state index contributed by atoms with van der Waals surface area (Å²) in [6.07, 6.45) is 9.12. The summed E-state index contributed by atoms with van der Waals surface area (Å²) in [5.41, 5.74) is 5.61. The van der Waals surface area contributed by atoms with Crippen molar-refractivity contribution in [3.05, 3.63) is 0 Å². The zero-order valence-electron chi connectivity index (χ0n) is 33.3. The summed E-state index contributed by atoms with van der Waals surface area (Å²) in [5.74, 6) is 54.9. The van der Waals surface area contributed by atoms with Crippen molar-refractivity contribution >= 4 is 5.91 Å². The number of terminal acetylenes is 1. The minimum atomic E-state index is -1.65. The number of unbranched alkanes of at least 4 members (excludes halogenated alkanes) is 11. The van der Waals surface area contributed by atoms with E-state index in [-0.39, 0.29) is 13.0 Å². The van der Waals surface area contributed by atoms with Gasteiger partial charge in [-0.25, -0.2) is 0 Å². The molecular formula is C49H50N2O8. The first-order valence-electron chi connectivity index (χ1n) is 19.4. The van der Waals surface area contributed by atoms with E-state index in [0.717, 1.165) is 19.3 Å². The molecule has 1 amide bonds. The lowest BCUT2D eigenvalue weighted by Gasteiger charge is -2.40. The lowest BCUT2D eigenvalue weighted by Crippen LogP contribution is -2.61.